The molecule has 1 aliphatic carbocycles. The van der Waals surface area contributed by atoms with E-state index in [1.54, 1.807) is 0 Å². The van der Waals surface area contributed by atoms with Crippen LogP contribution in [-0.4, -0.2) is 31.6 Å². The van der Waals surface area contributed by atoms with Crippen LogP contribution in [0.5, 0.6) is 0 Å². The van der Waals surface area contributed by atoms with Gasteiger partial charge in [0.15, 0.2) is 0 Å². The summed E-state index contributed by atoms with van der Waals surface area (Å²) in [6, 6.07) is 0.147. The highest BCUT2D eigenvalue weighted by Gasteiger charge is 2.36. The van der Waals surface area contributed by atoms with E-state index in [1.807, 2.05) is 0 Å². The fraction of sp³-hybridized carbons (Fsp3) is 0.556. The Labute approximate surface area is 106 Å². The maximum absolute atomic E-state index is 11.6. The molecule has 1 aromatic rings. The highest BCUT2D eigenvalue weighted by atomic mass is 16.6. The molecule has 0 atom stereocenters. The number of carbonyl (C=O) groups excluding carboxylic acids is 1. The molecule has 1 aromatic heterocycles. The van der Waals surface area contributed by atoms with Gasteiger partial charge in [-0.15, -0.1) is 0 Å². The van der Waals surface area contributed by atoms with Gasteiger partial charge in [-0.05, 0) is 24.7 Å². The van der Waals surface area contributed by atoms with Crippen LogP contribution in [0.1, 0.15) is 18.5 Å². The molecule has 1 aliphatic rings. The van der Waals surface area contributed by atoms with Crippen molar-refractivity contribution in [2.45, 2.75) is 32.4 Å². The van der Waals surface area contributed by atoms with Crippen molar-refractivity contribution in [3.8, 4) is 0 Å². The van der Waals surface area contributed by atoms with Crippen molar-refractivity contribution in [1.82, 2.24) is 15.1 Å². The monoisotopic (exact) mass is 269 g/mol. The summed E-state index contributed by atoms with van der Waals surface area (Å²) in [6.07, 6.45) is 1.81. The second-order valence-corrected chi connectivity index (χ2v) is 4.27. The predicted octanol–water partition coefficient (Wildman–Crippen LogP) is 0.287. The molecular weight excluding hydrogens is 258 g/mol. The summed E-state index contributed by atoms with van der Waals surface area (Å²) in [5, 5.41) is 27.7. The Kier molecular flexibility index (Phi) is 3.15. The molecule has 0 aromatic carbocycles. The number of rotatable bonds is 5. The van der Waals surface area contributed by atoms with E-state index in [0.717, 1.165) is 17.5 Å². The van der Waals surface area contributed by atoms with Gasteiger partial charge < -0.3 is 15.4 Å². The summed E-state index contributed by atoms with van der Waals surface area (Å²) in [5.41, 5.74) is -0.688. The summed E-state index contributed by atoms with van der Waals surface area (Å²) >= 11 is 0. The molecule has 1 saturated carbocycles. The molecule has 0 saturated heterocycles. The standard InChI is InChI=1S/C9H11N5O5/c1-5-8(13(16)17)9(14(18)19)11-12(5)4-7(15)10-6-2-3-6/h6H,2-4H2,1H3,(H,10,15). The quantitative estimate of drug-likeness (QED) is 0.603. The molecule has 0 spiro atoms. The van der Waals surface area contributed by atoms with Crippen molar-refractivity contribution in [1.29, 1.82) is 0 Å². The lowest BCUT2D eigenvalue weighted by atomic mass is 10.4. The van der Waals surface area contributed by atoms with Crippen LogP contribution in [0.4, 0.5) is 11.5 Å². The van der Waals surface area contributed by atoms with E-state index >= 15 is 0 Å². The molecule has 10 heteroatoms. The van der Waals surface area contributed by atoms with Crippen LogP contribution in [-0.2, 0) is 11.3 Å². The van der Waals surface area contributed by atoms with Crippen LogP contribution < -0.4 is 5.32 Å². The van der Waals surface area contributed by atoms with E-state index in [-0.39, 0.29) is 24.2 Å². The Hall–Kier alpha value is -2.52. The number of aromatic nitrogens is 2. The van der Waals surface area contributed by atoms with Crippen LogP contribution in [0.15, 0.2) is 0 Å². The molecule has 1 fully saturated rings. The number of hydrogen-bond donors (Lipinski definition) is 1. The zero-order valence-corrected chi connectivity index (χ0v) is 10.0. The van der Waals surface area contributed by atoms with E-state index in [2.05, 4.69) is 10.4 Å². The second-order valence-electron chi connectivity index (χ2n) is 4.27. The third-order valence-corrected chi connectivity index (χ3v) is 2.75. The first-order chi connectivity index (χ1) is 8.90. The SMILES string of the molecule is Cc1c([N+](=O)[O-])c([N+](=O)[O-])nn1CC(=O)NC1CC1. The second kappa shape index (κ2) is 4.63. The molecule has 1 heterocycles. The number of nitrogens with one attached hydrogen (secondary N) is 1. The van der Waals surface area contributed by atoms with Gasteiger partial charge in [0.25, 0.3) is 0 Å². The van der Waals surface area contributed by atoms with Crippen molar-refractivity contribution in [3.63, 3.8) is 0 Å². The third-order valence-electron chi connectivity index (χ3n) is 2.75. The van der Waals surface area contributed by atoms with Gasteiger partial charge in [-0.2, -0.15) is 4.68 Å². The van der Waals surface area contributed by atoms with E-state index in [1.165, 1.54) is 6.92 Å². The summed E-state index contributed by atoms with van der Waals surface area (Å²) in [5.74, 6) is -1.21. The highest BCUT2D eigenvalue weighted by Crippen LogP contribution is 2.29. The van der Waals surface area contributed by atoms with E-state index in [4.69, 9.17) is 0 Å². The number of amides is 1. The molecule has 102 valence electrons. The van der Waals surface area contributed by atoms with Crippen LogP contribution in [0, 0.1) is 27.2 Å². The lowest BCUT2D eigenvalue weighted by Crippen LogP contribution is -2.30. The first-order valence-corrected chi connectivity index (χ1v) is 5.55. The average molecular weight is 269 g/mol. The highest BCUT2D eigenvalue weighted by molar-refractivity contribution is 5.76. The van der Waals surface area contributed by atoms with E-state index in [0.29, 0.717) is 0 Å². The van der Waals surface area contributed by atoms with Gasteiger partial charge in [0.2, 0.25) is 5.91 Å². The summed E-state index contributed by atoms with van der Waals surface area (Å²) < 4.78 is 0.980. The third kappa shape index (κ3) is 2.67. The fourth-order valence-corrected chi connectivity index (χ4v) is 1.65. The van der Waals surface area contributed by atoms with E-state index in [9.17, 15) is 25.0 Å². The molecule has 2 rings (SSSR count). The summed E-state index contributed by atoms with van der Waals surface area (Å²) in [7, 11) is 0. The van der Waals surface area contributed by atoms with Crippen molar-refractivity contribution >= 4 is 17.4 Å². The normalized spacial score (nSPS) is 14.2. The maximum atomic E-state index is 11.6. The molecule has 19 heavy (non-hydrogen) atoms. The van der Waals surface area contributed by atoms with Crippen molar-refractivity contribution in [3.05, 3.63) is 25.9 Å². The molecule has 0 radical (unpaired) electrons. The average Bonchev–Trinajstić information content (AvgIpc) is 3.03. The van der Waals surface area contributed by atoms with Crippen LogP contribution in [0.25, 0.3) is 0 Å². The first kappa shape index (κ1) is 12.9. The molecular formula is C9H11N5O5. The smallest absolute Gasteiger partial charge is 0.358 e. The van der Waals surface area contributed by atoms with Gasteiger partial charge >= 0.3 is 11.5 Å². The lowest BCUT2D eigenvalue weighted by Gasteiger charge is -2.01. The van der Waals surface area contributed by atoms with Crippen molar-refractivity contribution in [2.75, 3.05) is 0 Å². The van der Waals surface area contributed by atoms with Crippen LogP contribution in [0.3, 0.4) is 0 Å². The maximum Gasteiger partial charge on any atom is 0.468 e. The van der Waals surface area contributed by atoms with Gasteiger partial charge in [-0.3, -0.25) is 14.9 Å². The fourth-order valence-electron chi connectivity index (χ4n) is 1.65. The summed E-state index contributed by atoms with van der Waals surface area (Å²) in [6.45, 7) is 1.06. The van der Waals surface area contributed by atoms with Gasteiger partial charge in [-0.25, -0.2) is 0 Å². The largest absolute Gasteiger partial charge is 0.468 e. The van der Waals surface area contributed by atoms with Crippen molar-refractivity contribution in [2.24, 2.45) is 0 Å². The van der Waals surface area contributed by atoms with E-state index < -0.39 is 21.4 Å². The van der Waals surface area contributed by atoms with Gasteiger partial charge in [0.1, 0.15) is 12.2 Å². The number of carbonyl (C=O) groups is 1. The number of nitro groups is 2. The predicted molar refractivity (Wildman–Crippen MR) is 61.4 cm³/mol. The van der Waals surface area contributed by atoms with Gasteiger partial charge in [0, 0.05) is 6.04 Å². The summed E-state index contributed by atoms with van der Waals surface area (Å²) in [4.78, 5) is 31.2. The van der Waals surface area contributed by atoms with Crippen LogP contribution >= 0.6 is 0 Å². The van der Waals surface area contributed by atoms with Crippen LogP contribution in [0.2, 0.25) is 0 Å². The first-order valence-electron chi connectivity index (χ1n) is 5.55. The molecule has 1 amide bonds. The Bertz CT molecular complexity index is 562. The minimum Gasteiger partial charge on any atom is -0.358 e. The minimum absolute atomic E-state index is 0.0114. The van der Waals surface area contributed by atoms with Gasteiger partial charge in [-0.1, -0.05) is 0 Å². The Morgan fingerprint density at radius 3 is 2.47 bits per heavy atom. The zero-order chi connectivity index (χ0) is 14.2. The molecule has 0 unspecified atom stereocenters. The van der Waals surface area contributed by atoms with Crippen molar-refractivity contribution < 1.29 is 14.6 Å². The topological polar surface area (TPSA) is 133 Å². The Balaban J connectivity index is 2.24. The lowest BCUT2D eigenvalue weighted by molar-refractivity contribution is -0.424. The van der Waals surface area contributed by atoms with Gasteiger partial charge in [0.05, 0.1) is 10.0 Å². The zero-order valence-electron chi connectivity index (χ0n) is 10.0. The molecule has 0 aliphatic heterocycles. The molecule has 10 nitrogen and oxygen atoms in total. The number of nitrogens with zero attached hydrogens (tertiary/aromatic N) is 4. The molecule has 0 bridgehead atoms. The Morgan fingerprint density at radius 2 is 2.05 bits per heavy atom. The Morgan fingerprint density at radius 1 is 1.42 bits per heavy atom. The number of hydrogen-bond acceptors (Lipinski definition) is 6. The minimum atomic E-state index is -0.930. The molecule has 1 N–H and O–H groups in total.